The van der Waals surface area contributed by atoms with E-state index in [2.05, 4.69) is 0 Å². The maximum Gasteiger partial charge on any atom is 0.408 e. The van der Waals surface area contributed by atoms with Crippen molar-refractivity contribution < 1.29 is 32.7 Å². The quantitative estimate of drug-likeness (QED) is 0.669. The number of aliphatic carboxylic acids is 1. The van der Waals surface area contributed by atoms with Gasteiger partial charge in [0.15, 0.2) is 6.04 Å². The first-order chi connectivity index (χ1) is 14.1. The molecule has 3 amide bonds. The molecule has 1 aromatic rings. The SMILES string of the molecule is O=C(O)[C@@H]1[C@@H](Cc2ccccc2Cl)C(=O)N1C(=O)N[C@@H](C1CCCCC1)C(F)(F)F. The van der Waals surface area contributed by atoms with Gasteiger partial charge in [0.2, 0.25) is 5.91 Å². The molecular formula is C20H22ClF3N2O4. The number of imide groups is 1. The van der Waals surface area contributed by atoms with Gasteiger partial charge in [-0.3, -0.25) is 4.79 Å². The van der Waals surface area contributed by atoms with E-state index < -0.39 is 48.0 Å². The molecule has 0 radical (unpaired) electrons. The van der Waals surface area contributed by atoms with Gasteiger partial charge in [-0.2, -0.15) is 13.2 Å². The average molecular weight is 447 g/mol. The molecule has 2 aliphatic rings. The fourth-order valence-electron chi connectivity index (χ4n) is 4.29. The van der Waals surface area contributed by atoms with E-state index in [1.807, 2.05) is 5.32 Å². The predicted molar refractivity (Wildman–Crippen MR) is 102 cm³/mol. The Kier molecular flexibility index (Phi) is 6.59. The third-order valence-electron chi connectivity index (χ3n) is 5.84. The Hall–Kier alpha value is -2.29. The Morgan fingerprint density at radius 2 is 1.83 bits per heavy atom. The topological polar surface area (TPSA) is 86.7 Å². The van der Waals surface area contributed by atoms with Gasteiger partial charge >= 0.3 is 18.2 Å². The molecule has 10 heteroatoms. The van der Waals surface area contributed by atoms with E-state index in [1.165, 1.54) is 0 Å². The molecule has 0 aromatic heterocycles. The number of carbonyl (C=O) groups is 3. The van der Waals surface area contributed by atoms with Crippen molar-refractivity contribution in [3.63, 3.8) is 0 Å². The largest absolute Gasteiger partial charge is 0.480 e. The van der Waals surface area contributed by atoms with Crippen LogP contribution in [-0.4, -0.2) is 46.2 Å². The number of carbonyl (C=O) groups excluding carboxylic acids is 2. The molecular weight excluding hydrogens is 425 g/mol. The summed E-state index contributed by atoms with van der Waals surface area (Å²) in [5, 5.41) is 11.7. The van der Waals surface area contributed by atoms with Gasteiger partial charge in [-0.25, -0.2) is 14.5 Å². The van der Waals surface area contributed by atoms with Crippen LogP contribution >= 0.6 is 11.6 Å². The van der Waals surface area contributed by atoms with Crippen LogP contribution in [0.3, 0.4) is 0 Å². The smallest absolute Gasteiger partial charge is 0.408 e. The number of β-lactam (4-membered cyclic amide) rings is 1. The molecule has 0 bridgehead atoms. The molecule has 3 atom stereocenters. The van der Waals surface area contributed by atoms with E-state index in [1.54, 1.807) is 24.3 Å². The Bertz CT molecular complexity index is 827. The minimum absolute atomic E-state index is 0.0232. The van der Waals surface area contributed by atoms with Crippen LogP contribution in [0.2, 0.25) is 5.02 Å². The van der Waals surface area contributed by atoms with Gasteiger partial charge in [0, 0.05) is 5.02 Å². The van der Waals surface area contributed by atoms with Crippen LogP contribution in [-0.2, 0) is 16.0 Å². The number of nitrogens with zero attached hydrogens (tertiary/aromatic N) is 1. The molecule has 0 unspecified atom stereocenters. The van der Waals surface area contributed by atoms with Gasteiger partial charge in [0.1, 0.15) is 6.04 Å². The van der Waals surface area contributed by atoms with Crippen LogP contribution in [0.25, 0.3) is 0 Å². The molecule has 1 aliphatic heterocycles. The number of nitrogens with one attached hydrogen (secondary N) is 1. The average Bonchev–Trinajstić information content (AvgIpc) is 2.68. The van der Waals surface area contributed by atoms with Crippen LogP contribution in [0.5, 0.6) is 0 Å². The highest BCUT2D eigenvalue weighted by Crippen LogP contribution is 2.36. The summed E-state index contributed by atoms with van der Waals surface area (Å²) in [5.41, 5.74) is 0.527. The number of benzene rings is 1. The van der Waals surface area contributed by atoms with Crippen molar-refractivity contribution >= 4 is 29.5 Å². The van der Waals surface area contributed by atoms with Crippen LogP contribution < -0.4 is 5.32 Å². The van der Waals surface area contributed by atoms with E-state index >= 15 is 0 Å². The minimum Gasteiger partial charge on any atom is -0.480 e. The zero-order chi connectivity index (χ0) is 22.1. The zero-order valence-electron chi connectivity index (χ0n) is 16.0. The summed E-state index contributed by atoms with van der Waals surface area (Å²) in [5.74, 6) is -4.15. The maximum atomic E-state index is 13.6. The van der Waals surface area contributed by atoms with E-state index in [-0.39, 0.29) is 6.42 Å². The van der Waals surface area contributed by atoms with Gasteiger partial charge in [-0.15, -0.1) is 0 Å². The number of rotatable bonds is 5. The second-order valence-corrected chi connectivity index (χ2v) is 8.17. The summed E-state index contributed by atoms with van der Waals surface area (Å²) in [6.07, 6.45) is -1.98. The highest BCUT2D eigenvalue weighted by atomic mass is 35.5. The molecule has 0 spiro atoms. The number of halogens is 4. The molecule has 2 fully saturated rings. The van der Waals surface area contributed by atoms with Crippen molar-refractivity contribution in [2.45, 2.75) is 56.8 Å². The van der Waals surface area contributed by atoms with Gasteiger partial charge in [0.25, 0.3) is 0 Å². The molecule has 1 saturated heterocycles. The fraction of sp³-hybridized carbons (Fsp3) is 0.550. The molecule has 1 aliphatic carbocycles. The normalized spacial score (nSPS) is 23.6. The Labute approximate surface area is 176 Å². The Morgan fingerprint density at radius 1 is 1.20 bits per heavy atom. The lowest BCUT2D eigenvalue weighted by atomic mass is 9.82. The second-order valence-electron chi connectivity index (χ2n) is 7.76. The number of hydrogen-bond acceptors (Lipinski definition) is 3. The van der Waals surface area contributed by atoms with E-state index in [0.717, 1.165) is 6.42 Å². The number of carboxylic acid groups (broad SMARTS) is 1. The molecule has 1 heterocycles. The molecule has 30 heavy (non-hydrogen) atoms. The van der Waals surface area contributed by atoms with Gasteiger partial charge in [-0.05, 0) is 36.8 Å². The van der Waals surface area contributed by atoms with Crippen LogP contribution in [0, 0.1) is 11.8 Å². The van der Waals surface area contributed by atoms with Gasteiger partial charge in [-0.1, -0.05) is 49.1 Å². The molecule has 2 N–H and O–H groups in total. The monoisotopic (exact) mass is 446 g/mol. The molecule has 1 saturated carbocycles. The summed E-state index contributed by atoms with van der Waals surface area (Å²) in [6.45, 7) is 0. The number of hydrogen-bond donors (Lipinski definition) is 2. The standard InChI is InChI=1S/C20H22ClF3N2O4/c21-14-9-5-4-8-12(14)10-13-15(18(28)29)26(17(13)27)19(30)25-16(20(22,23)24)11-6-2-1-3-7-11/h4-5,8-9,11,13,15-16H,1-3,6-7,10H2,(H,25,30)(H,28,29)/t13-,15+,16+/m1/s1. The summed E-state index contributed by atoms with van der Waals surface area (Å²) in [7, 11) is 0. The van der Waals surface area contributed by atoms with Crippen molar-refractivity contribution in [1.82, 2.24) is 10.2 Å². The van der Waals surface area contributed by atoms with Crippen LogP contribution in [0.4, 0.5) is 18.0 Å². The second kappa shape index (κ2) is 8.83. The van der Waals surface area contributed by atoms with Crippen LogP contribution in [0.1, 0.15) is 37.7 Å². The highest BCUT2D eigenvalue weighted by molar-refractivity contribution is 6.31. The van der Waals surface area contributed by atoms with Crippen molar-refractivity contribution in [3.8, 4) is 0 Å². The summed E-state index contributed by atoms with van der Waals surface area (Å²) >= 11 is 6.05. The van der Waals surface area contributed by atoms with Crippen LogP contribution in [0.15, 0.2) is 24.3 Å². The van der Waals surface area contributed by atoms with E-state index in [0.29, 0.717) is 41.2 Å². The number of urea groups is 1. The summed E-state index contributed by atoms with van der Waals surface area (Å²) in [4.78, 5) is 37.1. The third-order valence-corrected chi connectivity index (χ3v) is 6.20. The predicted octanol–water partition coefficient (Wildman–Crippen LogP) is 4.01. The molecule has 6 nitrogen and oxygen atoms in total. The van der Waals surface area contributed by atoms with Crippen molar-refractivity contribution in [2.75, 3.05) is 0 Å². The highest BCUT2D eigenvalue weighted by Gasteiger charge is 2.56. The number of alkyl halides is 3. The van der Waals surface area contributed by atoms with Gasteiger partial charge < -0.3 is 10.4 Å². The minimum atomic E-state index is -4.69. The van der Waals surface area contributed by atoms with Crippen molar-refractivity contribution in [1.29, 1.82) is 0 Å². The number of likely N-dealkylation sites (tertiary alicyclic amines) is 1. The Morgan fingerprint density at radius 3 is 2.40 bits per heavy atom. The summed E-state index contributed by atoms with van der Waals surface area (Å²) in [6, 6.07) is 1.56. The van der Waals surface area contributed by atoms with E-state index in [4.69, 9.17) is 11.6 Å². The lowest BCUT2D eigenvalue weighted by molar-refractivity contribution is -0.172. The van der Waals surface area contributed by atoms with Gasteiger partial charge in [0.05, 0.1) is 5.92 Å². The molecule has 164 valence electrons. The van der Waals surface area contributed by atoms with Crippen molar-refractivity contribution in [2.24, 2.45) is 11.8 Å². The maximum absolute atomic E-state index is 13.6. The first-order valence-corrected chi connectivity index (χ1v) is 10.2. The zero-order valence-corrected chi connectivity index (χ0v) is 16.7. The Balaban J connectivity index is 1.75. The first kappa shape index (κ1) is 22.4. The lowest BCUT2D eigenvalue weighted by Gasteiger charge is -2.44. The lowest BCUT2D eigenvalue weighted by Crippen LogP contribution is -2.70. The first-order valence-electron chi connectivity index (χ1n) is 9.77. The van der Waals surface area contributed by atoms with Crippen molar-refractivity contribution in [3.05, 3.63) is 34.9 Å². The number of carboxylic acids is 1. The fourth-order valence-corrected chi connectivity index (χ4v) is 4.51. The molecule has 1 aromatic carbocycles. The third kappa shape index (κ3) is 4.55. The molecule has 3 rings (SSSR count). The number of amides is 3. The van der Waals surface area contributed by atoms with E-state index in [9.17, 15) is 32.7 Å². The summed E-state index contributed by atoms with van der Waals surface area (Å²) < 4.78 is 40.7.